The summed E-state index contributed by atoms with van der Waals surface area (Å²) in [4.78, 5) is 41.1. The first-order valence-electron chi connectivity index (χ1n) is 14.5. The van der Waals surface area contributed by atoms with Crippen LogP contribution in [0.4, 0.5) is 16.4 Å². The van der Waals surface area contributed by atoms with Crippen LogP contribution < -0.4 is 24.2 Å². The van der Waals surface area contributed by atoms with Gasteiger partial charge >= 0.3 is 6.09 Å². The lowest BCUT2D eigenvalue weighted by Gasteiger charge is -2.17. The third-order valence-corrected chi connectivity index (χ3v) is 7.54. The maximum Gasteiger partial charge on any atom is 0.413 e. The number of sulfonamides is 1. The van der Waals surface area contributed by atoms with Gasteiger partial charge in [-0.3, -0.25) is 15.0 Å². The summed E-state index contributed by atoms with van der Waals surface area (Å²) in [5.74, 6) is 5.52. The van der Waals surface area contributed by atoms with Crippen molar-refractivity contribution >= 4 is 27.8 Å². The number of ether oxygens (including phenoxy) is 4. The number of anilines is 2. The van der Waals surface area contributed by atoms with Crippen LogP contribution in [0.15, 0.2) is 84.7 Å². The van der Waals surface area contributed by atoms with Gasteiger partial charge in [0.05, 0.1) is 13.3 Å². The fourth-order valence-corrected chi connectivity index (χ4v) is 4.84. The molecule has 4 aromatic heterocycles. The molecule has 4 heterocycles. The van der Waals surface area contributed by atoms with Gasteiger partial charge in [-0.2, -0.15) is 13.4 Å². The van der Waals surface area contributed by atoms with E-state index < -0.39 is 16.1 Å². The molecule has 16 nitrogen and oxygen atoms in total. The molecule has 2 N–H and O–H groups in total. The molecule has 0 saturated carbocycles. The standard InChI is InChI=1S/C32H29N9O7S/c1-21(2)22-11-12-26(37-19-22)49(43,44)41-28-27(48-24-10-5-4-9-23(24)45-3)31(40-30(39-28)29-35-13-8-14-36-29)46-17-6-7-18-47-32(42)38-25-20-33-15-16-34-25/h4-5,8-16,19-21H,17-18H2,1-3H3,(H,34,38,42)(H,39,40,41). The highest BCUT2D eigenvalue weighted by molar-refractivity contribution is 7.92. The third kappa shape index (κ3) is 9.11. The molecule has 0 aliphatic heterocycles. The Morgan fingerprint density at radius 3 is 2.33 bits per heavy atom. The number of nitrogens with one attached hydrogen (secondary N) is 2. The Kier molecular flexibility index (Phi) is 11.0. The Morgan fingerprint density at radius 2 is 1.63 bits per heavy atom. The van der Waals surface area contributed by atoms with Crippen molar-refractivity contribution < 1.29 is 32.2 Å². The van der Waals surface area contributed by atoms with Crippen molar-refractivity contribution in [3.63, 3.8) is 0 Å². The van der Waals surface area contributed by atoms with Gasteiger partial charge in [0.25, 0.3) is 15.9 Å². The average Bonchev–Trinajstić information content (AvgIpc) is 3.11. The lowest BCUT2D eigenvalue weighted by atomic mass is 10.1. The molecular weight excluding hydrogens is 654 g/mol. The molecule has 0 spiro atoms. The lowest BCUT2D eigenvalue weighted by molar-refractivity contribution is 0.176. The minimum absolute atomic E-state index is 0.0738. The molecule has 0 saturated heterocycles. The summed E-state index contributed by atoms with van der Waals surface area (Å²) >= 11 is 0. The summed E-state index contributed by atoms with van der Waals surface area (Å²) in [5.41, 5.74) is 0.859. The van der Waals surface area contributed by atoms with Crippen LogP contribution in [0.3, 0.4) is 0 Å². The highest BCUT2D eigenvalue weighted by Gasteiger charge is 2.26. The fraction of sp³-hybridized carbons (Fsp3) is 0.188. The predicted molar refractivity (Wildman–Crippen MR) is 176 cm³/mol. The van der Waals surface area contributed by atoms with Crippen LogP contribution in [-0.4, -0.2) is 69.7 Å². The topological polar surface area (TPSA) is 202 Å². The second-order valence-corrected chi connectivity index (χ2v) is 11.6. The number of benzene rings is 1. The van der Waals surface area contributed by atoms with E-state index in [-0.39, 0.29) is 64.8 Å². The Morgan fingerprint density at radius 1 is 0.857 bits per heavy atom. The molecular formula is C32H29N9O7S. The number of para-hydroxylation sites is 2. The number of methoxy groups -OCH3 is 1. The van der Waals surface area contributed by atoms with E-state index in [4.69, 9.17) is 18.9 Å². The van der Waals surface area contributed by atoms with Crippen LogP contribution in [0.2, 0.25) is 0 Å². The maximum absolute atomic E-state index is 13.6. The summed E-state index contributed by atoms with van der Waals surface area (Å²) in [6.07, 6.45) is 7.89. The van der Waals surface area contributed by atoms with E-state index in [1.807, 2.05) is 13.8 Å². The predicted octanol–water partition coefficient (Wildman–Crippen LogP) is 4.47. The third-order valence-electron chi connectivity index (χ3n) is 6.29. The monoisotopic (exact) mass is 683 g/mol. The quantitative estimate of drug-likeness (QED) is 0.174. The summed E-state index contributed by atoms with van der Waals surface area (Å²) in [6.45, 7) is 3.38. The van der Waals surface area contributed by atoms with Gasteiger partial charge in [-0.05, 0) is 35.7 Å². The summed E-state index contributed by atoms with van der Waals surface area (Å²) in [7, 11) is -2.86. The van der Waals surface area contributed by atoms with Gasteiger partial charge in [-0.25, -0.2) is 29.7 Å². The first-order chi connectivity index (χ1) is 23.7. The van der Waals surface area contributed by atoms with Crippen molar-refractivity contribution in [2.24, 2.45) is 0 Å². The van der Waals surface area contributed by atoms with Crippen molar-refractivity contribution in [3.05, 3.63) is 85.2 Å². The molecule has 250 valence electrons. The molecule has 0 aliphatic rings. The van der Waals surface area contributed by atoms with Crippen molar-refractivity contribution in [1.29, 1.82) is 0 Å². The van der Waals surface area contributed by atoms with Gasteiger partial charge in [0.2, 0.25) is 11.6 Å². The largest absolute Gasteiger partial charge is 0.493 e. The Bertz CT molecular complexity index is 2060. The number of pyridine rings is 1. The second-order valence-electron chi connectivity index (χ2n) is 9.98. The number of rotatable bonds is 12. The van der Waals surface area contributed by atoms with Crippen LogP contribution >= 0.6 is 0 Å². The molecule has 1 aromatic carbocycles. The number of amides is 1. The van der Waals surface area contributed by atoms with Gasteiger partial charge in [0.1, 0.15) is 0 Å². The minimum atomic E-state index is -4.32. The number of nitrogens with zero attached hydrogens (tertiary/aromatic N) is 7. The molecule has 0 fully saturated rings. The van der Waals surface area contributed by atoms with Crippen LogP contribution in [0.1, 0.15) is 25.3 Å². The molecule has 5 rings (SSSR count). The zero-order valence-electron chi connectivity index (χ0n) is 26.4. The summed E-state index contributed by atoms with van der Waals surface area (Å²) < 4.78 is 52.2. The SMILES string of the molecule is COc1ccccc1Oc1c(NS(=O)(=O)c2ccc(C(C)C)cn2)nc(-c2ncccn2)nc1OCC#CCOC(=O)Nc1cnccn1. The maximum atomic E-state index is 13.6. The number of carbonyl (C=O) groups excluding carboxylic acids is 1. The summed E-state index contributed by atoms with van der Waals surface area (Å²) in [5, 5.41) is 2.16. The lowest BCUT2D eigenvalue weighted by Crippen LogP contribution is -2.17. The van der Waals surface area contributed by atoms with Crippen LogP contribution in [0, 0.1) is 11.8 Å². The van der Waals surface area contributed by atoms with E-state index in [0.29, 0.717) is 5.75 Å². The highest BCUT2D eigenvalue weighted by atomic mass is 32.2. The van der Waals surface area contributed by atoms with Crippen molar-refractivity contribution in [2.75, 3.05) is 30.4 Å². The molecule has 0 radical (unpaired) electrons. The Balaban J connectivity index is 1.47. The van der Waals surface area contributed by atoms with E-state index in [2.05, 4.69) is 56.8 Å². The Hall–Kier alpha value is -6.41. The van der Waals surface area contributed by atoms with E-state index in [0.717, 1.165) is 5.56 Å². The molecule has 17 heteroatoms. The average molecular weight is 684 g/mol. The zero-order chi connectivity index (χ0) is 34.6. The van der Waals surface area contributed by atoms with Crippen LogP contribution in [-0.2, 0) is 14.8 Å². The molecule has 0 aliphatic carbocycles. The van der Waals surface area contributed by atoms with Crippen molar-refractivity contribution in [3.8, 4) is 46.6 Å². The van der Waals surface area contributed by atoms with Crippen LogP contribution in [0.25, 0.3) is 11.6 Å². The van der Waals surface area contributed by atoms with Crippen molar-refractivity contribution in [1.82, 2.24) is 34.9 Å². The number of aromatic nitrogens is 7. The van der Waals surface area contributed by atoms with E-state index >= 15 is 0 Å². The molecule has 0 atom stereocenters. The first-order valence-corrected chi connectivity index (χ1v) is 16.0. The van der Waals surface area contributed by atoms with Crippen LogP contribution in [0.5, 0.6) is 23.1 Å². The second kappa shape index (κ2) is 15.9. The van der Waals surface area contributed by atoms with E-state index in [1.54, 1.807) is 36.4 Å². The van der Waals surface area contributed by atoms with E-state index in [1.165, 1.54) is 50.4 Å². The normalized spacial score (nSPS) is 10.8. The summed E-state index contributed by atoms with van der Waals surface area (Å²) in [6, 6.07) is 11.4. The highest BCUT2D eigenvalue weighted by Crippen LogP contribution is 2.41. The minimum Gasteiger partial charge on any atom is -0.493 e. The first kappa shape index (κ1) is 33.9. The van der Waals surface area contributed by atoms with Gasteiger partial charge in [0, 0.05) is 31.0 Å². The number of hydrogen-bond donors (Lipinski definition) is 2. The smallest absolute Gasteiger partial charge is 0.413 e. The van der Waals surface area contributed by atoms with Gasteiger partial charge in [0.15, 0.2) is 47.2 Å². The molecule has 0 bridgehead atoms. The van der Waals surface area contributed by atoms with E-state index in [9.17, 15) is 13.2 Å². The Labute approximate surface area is 281 Å². The zero-order valence-corrected chi connectivity index (χ0v) is 27.2. The fourth-order valence-electron chi connectivity index (χ4n) is 3.90. The number of carbonyl (C=O) groups is 1. The molecule has 0 unspecified atom stereocenters. The van der Waals surface area contributed by atoms with Gasteiger partial charge < -0.3 is 18.9 Å². The van der Waals surface area contributed by atoms with Crippen molar-refractivity contribution in [2.45, 2.75) is 24.8 Å². The van der Waals surface area contributed by atoms with Gasteiger partial charge in [-0.15, -0.1) is 0 Å². The molecule has 5 aromatic rings. The molecule has 49 heavy (non-hydrogen) atoms. The van der Waals surface area contributed by atoms with Gasteiger partial charge in [-0.1, -0.05) is 43.9 Å². The molecule has 1 amide bonds. The number of hydrogen-bond acceptors (Lipinski definition) is 14.